The molecule has 0 amide bonds. The summed E-state index contributed by atoms with van der Waals surface area (Å²) in [7, 11) is 1.56. The summed E-state index contributed by atoms with van der Waals surface area (Å²) in [5.41, 5.74) is 4.09. The van der Waals surface area contributed by atoms with Crippen molar-refractivity contribution in [2.24, 2.45) is 4.99 Å². The van der Waals surface area contributed by atoms with Gasteiger partial charge in [0, 0.05) is 34.8 Å². The Balaban J connectivity index is 2.40. The molecule has 5 heteroatoms. The molecule has 23 heavy (non-hydrogen) atoms. The van der Waals surface area contributed by atoms with Crippen molar-refractivity contribution in [2.75, 3.05) is 7.11 Å². The molecule has 0 radical (unpaired) electrons. The number of rotatable bonds is 4. The molecule has 1 heterocycles. The lowest BCUT2D eigenvalue weighted by molar-refractivity contribution is 0.406. The Morgan fingerprint density at radius 1 is 1.17 bits per heavy atom. The van der Waals surface area contributed by atoms with Crippen molar-refractivity contribution in [1.82, 2.24) is 4.98 Å². The molecule has 0 saturated heterocycles. The zero-order chi connectivity index (χ0) is 17.0. The smallest absolute Gasteiger partial charge is 0.212 e. The van der Waals surface area contributed by atoms with Crippen molar-refractivity contribution in [3.8, 4) is 11.5 Å². The standard InChI is InChI=1S/C18H19FN2O2/c1-11(16-7-6-15(22)9-17(16)23-4)12(2)21-13(3)14-5-8-18(19)20-10-14/h5-10,22H,1-4H3/b12-11+,21-13+. The molecule has 0 aliphatic rings. The van der Waals surface area contributed by atoms with E-state index in [0.29, 0.717) is 5.75 Å². The lowest BCUT2D eigenvalue weighted by atomic mass is 10.0. The summed E-state index contributed by atoms with van der Waals surface area (Å²) in [6.07, 6.45) is 1.46. The molecule has 1 aromatic heterocycles. The Hall–Kier alpha value is -2.69. The highest BCUT2D eigenvalue weighted by atomic mass is 19.1. The van der Waals surface area contributed by atoms with Crippen LogP contribution in [0, 0.1) is 5.95 Å². The first-order valence-electron chi connectivity index (χ1n) is 7.14. The maximum atomic E-state index is 12.9. The van der Waals surface area contributed by atoms with E-state index in [0.717, 1.165) is 28.1 Å². The molecule has 4 nitrogen and oxygen atoms in total. The molecule has 2 rings (SSSR count). The molecular formula is C18H19FN2O2. The third-order valence-electron chi connectivity index (χ3n) is 3.61. The van der Waals surface area contributed by atoms with Crippen LogP contribution in [0.4, 0.5) is 4.39 Å². The SMILES string of the molecule is COc1cc(O)ccc1/C(C)=C(C)/N=C(\C)c1ccc(F)nc1. The molecule has 0 aliphatic heterocycles. The molecular weight excluding hydrogens is 295 g/mol. The monoisotopic (exact) mass is 314 g/mol. The molecule has 0 fully saturated rings. The zero-order valence-corrected chi connectivity index (χ0v) is 13.6. The van der Waals surface area contributed by atoms with Gasteiger partial charge in [0.1, 0.15) is 11.5 Å². The van der Waals surface area contributed by atoms with Gasteiger partial charge in [-0.15, -0.1) is 0 Å². The first kappa shape index (κ1) is 16.7. The van der Waals surface area contributed by atoms with Crippen molar-refractivity contribution in [3.05, 3.63) is 59.3 Å². The van der Waals surface area contributed by atoms with Crippen LogP contribution in [0.15, 0.2) is 47.2 Å². The van der Waals surface area contributed by atoms with Gasteiger partial charge in [0.25, 0.3) is 0 Å². The summed E-state index contributed by atoms with van der Waals surface area (Å²) >= 11 is 0. The van der Waals surface area contributed by atoms with Gasteiger partial charge in [0.15, 0.2) is 0 Å². The normalized spacial score (nSPS) is 12.8. The van der Waals surface area contributed by atoms with Crippen molar-refractivity contribution in [3.63, 3.8) is 0 Å². The number of benzene rings is 1. The lowest BCUT2D eigenvalue weighted by Gasteiger charge is -2.11. The topological polar surface area (TPSA) is 54.7 Å². The molecule has 1 N–H and O–H groups in total. The molecule has 1 aromatic carbocycles. The Morgan fingerprint density at radius 2 is 1.91 bits per heavy atom. The second-order valence-corrected chi connectivity index (χ2v) is 5.16. The van der Waals surface area contributed by atoms with Crippen LogP contribution in [0.25, 0.3) is 5.57 Å². The minimum absolute atomic E-state index is 0.146. The minimum atomic E-state index is -0.515. The van der Waals surface area contributed by atoms with E-state index in [2.05, 4.69) is 9.98 Å². The predicted molar refractivity (Wildman–Crippen MR) is 89.3 cm³/mol. The van der Waals surface area contributed by atoms with E-state index in [9.17, 15) is 9.50 Å². The van der Waals surface area contributed by atoms with Crippen molar-refractivity contribution < 1.29 is 14.2 Å². The molecule has 0 atom stereocenters. The minimum Gasteiger partial charge on any atom is -0.508 e. The molecule has 0 unspecified atom stereocenters. The van der Waals surface area contributed by atoms with Crippen molar-refractivity contribution in [2.45, 2.75) is 20.8 Å². The number of phenols is 1. The number of aliphatic imine (C=N–C) groups is 1. The van der Waals surface area contributed by atoms with Gasteiger partial charge in [-0.1, -0.05) is 0 Å². The quantitative estimate of drug-likeness (QED) is 0.680. The average Bonchev–Trinajstić information content (AvgIpc) is 2.54. The highest BCUT2D eigenvalue weighted by Gasteiger charge is 2.09. The number of aromatic hydroxyl groups is 1. The maximum absolute atomic E-state index is 12.9. The Bertz CT molecular complexity index is 765. The van der Waals surface area contributed by atoms with E-state index in [1.165, 1.54) is 12.3 Å². The largest absolute Gasteiger partial charge is 0.508 e. The molecule has 2 aromatic rings. The molecule has 0 bridgehead atoms. The fourth-order valence-electron chi connectivity index (χ4n) is 2.17. The third-order valence-corrected chi connectivity index (χ3v) is 3.61. The zero-order valence-electron chi connectivity index (χ0n) is 13.6. The van der Waals surface area contributed by atoms with Gasteiger partial charge in [-0.25, -0.2) is 4.98 Å². The Kier molecular flexibility index (Phi) is 5.11. The second-order valence-electron chi connectivity index (χ2n) is 5.16. The number of phenolic OH excluding ortho intramolecular Hbond substituents is 1. The van der Waals surface area contributed by atoms with Crippen LogP contribution in [-0.4, -0.2) is 22.9 Å². The number of allylic oxidation sites excluding steroid dienone is 2. The fourth-order valence-corrected chi connectivity index (χ4v) is 2.17. The lowest BCUT2D eigenvalue weighted by Crippen LogP contribution is -1.98. The molecule has 120 valence electrons. The Labute approximate surface area is 135 Å². The summed E-state index contributed by atoms with van der Waals surface area (Å²) in [5.74, 6) is 0.213. The first-order valence-corrected chi connectivity index (χ1v) is 7.14. The van der Waals surface area contributed by atoms with Gasteiger partial charge in [-0.3, -0.25) is 4.99 Å². The molecule has 0 saturated carbocycles. The number of pyridine rings is 1. The van der Waals surface area contributed by atoms with E-state index in [-0.39, 0.29) is 5.75 Å². The van der Waals surface area contributed by atoms with Crippen LogP contribution in [-0.2, 0) is 0 Å². The molecule has 0 aliphatic carbocycles. The number of ether oxygens (including phenoxy) is 1. The van der Waals surface area contributed by atoms with Gasteiger partial charge in [-0.2, -0.15) is 4.39 Å². The van der Waals surface area contributed by atoms with E-state index in [4.69, 9.17) is 4.74 Å². The number of nitrogens with zero attached hydrogens (tertiary/aromatic N) is 2. The van der Waals surface area contributed by atoms with Crippen LogP contribution < -0.4 is 4.74 Å². The van der Waals surface area contributed by atoms with E-state index in [1.54, 1.807) is 31.4 Å². The van der Waals surface area contributed by atoms with Crippen molar-refractivity contribution in [1.29, 1.82) is 0 Å². The van der Waals surface area contributed by atoms with Gasteiger partial charge in [0.2, 0.25) is 5.95 Å². The number of methoxy groups -OCH3 is 1. The average molecular weight is 314 g/mol. The van der Waals surface area contributed by atoms with Gasteiger partial charge < -0.3 is 9.84 Å². The summed E-state index contributed by atoms with van der Waals surface area (Å²) in [5, 5.41) is 9.54. The summed E-state index contributed by atoms with van der Waals surface area (Å²) in [4.78, 5) is 8.20. The van der Waals surface area contributed by atoms with Crippen LogP contribution in [0.1, 0.15) is 31.9 Å². The predicted octanol–water partition coefficient (Wildman–Crippen LogP) is 4.20. The van der Waals surface area contributed by atoms with Gasteiger partial charge in [0.05, 0.1) is 7.11 Å². The van der Waals surface area contributed by atoms with E-state index < -0.39 is 5.95 Å². The number of halogens is 1. The highest BCUT2D eigenvalue weighted by molar-refractivity contribution is 5.99. The maximum Gasteiger partial charge on any atom is 0.212 e. The number of hydrogen-bond donors (Lipinski definition) is 1. The number of hydrogen-bond acceptors (Lipinski definition) is 4. The van der Waals surface area contributed by atoms with Crippen LogP contribution in [0.5, 0.6) is 11.5 Å². The summed E-state index contributed by atoms with van der Waals surface area (Å²) < 4.78 is 18.2. The third kappa shape index (κ3) is 3.94. The van der Waals surface area contributed by atoms with Crippen LogP contribution >= 0.6 is 0 Å². The van der Waals surface area contributed by atoms with E-state index >= 15 is 0 Å². The summed E-state index contributed by atoms with van der Waals surface area (Å²) in [6.45, 7) is 5.67. The molecule has 0 spiro atoms. The summed E-state index contributed by atoms with van der Waals surface area (Å²) in [6, 6.07) is 7.91. The van der Waals surface area contributed by atoms with Gasteiger partial charge >= 0.3 is 0 Å². The van der Waals surface area contributed by atoms with Crippen LogP contribution in [0.3, 0.4) is 0 Å². The van der Waals surface area contributed by atoms with Crippen LogP contribution in [0.2, 0.25) is 0 Å². The fraction of sp³-hybridized carbons (Fsp3) is 0.222. The van der Waals surface area contributed by atoms with Gasteiger partial charge in [-0.05, 0) is 50.6 Å². The Morgan fingerprint density at radius 3 is 2.52 bits per heavy atom. The number of aromatic nitrogens is 1. The highest BCUT2D eigenvalue weighted by Crippen LogP contribution is 2.31. The van der Waals surface area contributed by atoms with E-state index in [1.807, 2.05) is 20.8 Å². The second kappa shape index (κ2) is 7.05. The first-order chi connectivity index (χ1) is 10.9. The van der Waals surface area contributed by atoms with Crippen molar-refractivity contribution >= 4 is 11.3 Å².